The molecule has 176 valence electrons. The number of likely N-dealkylation sites (tertiary alicyclic amines) is 3. The largest absolute Gasteiger partial charge is 0.416 e. The number of amides is 2. The summed E-state index contributed by atoms with van der Waals surface area (Å²) in [4.78, 5) is 31.1. The van der Waals surface area contributed by atoms with Crippen molar-refractivity contribution < 1.29 is 22.8 Å². The molecule has 10 heteroatoms. The third-order valence-electron chi connectivity index (χ3n) is 7.70. The fraction of sp³-hybridized carbons (Fsp3) is 0.609. The zero-order valence-electron chi connectivity index (χ0n) is 18.2. The quantitative estimate of drug-likeness (QED) is 0.723. The lowest BCUT2D eigenvalue weighted by atomic mass is 9.99. The van der Waals surface area contributed by atoms with Crippen LogP contribution in [0.5, 0.6) is 0 Å². The first-order valence-corrected chi connectivity index (χ1v) is 11.3. The second kappa shape index (κ2) is 7.71. The van der Waals surface area contributed by atoms with Crippen LogP contribution in [0.2, 0.25) is 0 Å². The van der Waals surface area contributed by atoms with Crippen molar-refractivity contribution in [3.63, 3.8) is 0 Å². The first-order valence-electron chi connectivity index (χ1n) is 11.3. The Balaban J connectivity index is 1.26. The maximum atomic E-state index is 13.5. The van der Waals surface area contributed by atoms with E-state index in [0.29, 0.717) is 25.3 Å². The summed E-state index contributed by atoms with van der Waals surface area (Å²) in [5, 5.41) is 9.34. The van der Waals surface area contributed by atoms with Crippen LogP contribution in [0.15, 0.2) is 24.3 Å². The molecule has 1 saturated carbocycles. The van der Waals surface area contributed by atoms with Gasteiger partial charge in [-0.25, -0.2) is 0 Å². The fourth-order valence-electron chi connectivity index (χ4n) is 6.08. The molecule has 0 unspecified atom stereocenters. The van der Waals surface area contributed by atoms with Gasteiger partial charge in [0.1, 0.15) is 6.04 Å². The van der Waals surface area contributed by atoms with Gasteiger partial charge in [0.2, 0.25) is 11.8 Å². The van der Waals surface area contributed by atoms with E-state index < -0.39 is 35.9 Å². The molecule has 7 nitrogen and oxygen atoms in total. The van der Waals surface area contributed by atoms with E-state index in [1.807, 2.05) is 4.90 Å². The molecule has 5 rings (SSSR count). The molecule has 3 saturated heterocycles. The van der Waals surface area contributed by atoms with Crippen molar-refractivity contribution in [2.45, 2.75) is 68.6 Å². The Morgan fingerprint density at radius 1 is 1.27 bits per heavy atom. The van der Waals surface area contributed by atoms with E-state index in [0.717, 1.165) is 12.5 Å². The van der Waals surface area contributed by atoms with Gasteiger partial charge in [-0.3, -0.25) is 14.5 Å². The number of fused-ring (bicyclic) bond motifs is 3. The van der Waals surface area contributed by atoms with Crippen molar-refractivity contribution in [1.29, 1.82) is 5.26 Å². The van der Waals surface area contributed by atoms with Crippen molar-refractivity contribution in [3.05, 3.63) is 35.4 Å². The molecule has 7 atom stereocenters. The summed E-state index contributed by atoms with van der Waals surface area (Å²) in [6, 6.07) is 4.93. The van der Waals surface area contributed by atoms with Crippen molar-refractivity contribution in [3.8, 4) is 6.07 Å². The van der Waals surface area contributed by atoms with Gasteiger partial charge in [-0.15, -0.1) is 0 Å². The topological polar surface area (TPSA) is 93.7 Å². The number of halogens is 3. The Morgan fingerprint density at radius 3 is 2.67 bits per heavy atom. The van der Waals surface area contributed by atoms with Gasteiger partial charge in [0.15, 0.2) is 0 Å². The van der Waals surface area contributed by atoms with Crippen LogP contribution in [0.3, 0.4) is 0 Å². The van der Waals surface area contributed by atoms with Crippen molar-refractivity contribution in [1.82, 2.24) is 14.7 Å². The second-order valence-corrected chi connectivity index (χ2v) is 9.66. The SMILES string of the molecule is C[C@H](c1ccccc1C(F)(F)F)N1C(=O)[C@H]2C[C@H]1CN2C[C@H](N)C(=O)N1[C@H](C#N)C[C@@H]2C[C@@H]21. The number of carbonyl (C=O) groups excluding carboxylic acids is 2. The number of piperidine rings is 1. The number of nitrogens with two attached hydrogens (primary N) is 1. The van der Waals surface area contributed by atoms with E-state index in [1.165, 1.54) is 12.1 Å². The number of piperazine rings is 1. The number of nitrogens with zero attached hydrogens (tertiary/aromatic N) is 4. The summed E-state index contributed by atoms with van der Waals surface area (Å²) < 4.78 is 40.5. The van der Waals surface area contributed by atoms with E-state index >= 15 is 0 Å². The van der Waals surface area contributed by atoms with E-state index in [9.17, 15) is 28.0 Å². The van der Waals surface area contributed by atoms with Crippen LogP contribution in [-0.2, 0) is 15.8 Å². The van der Waals surface area contributed by atoms with E-state index in [1.54, 1.807) is 22.8 Å². The zero-order valence-corrected chi connectivity index (χ0v) is 18.2. The molecule has 3 aliphatic heterocycles. The van der Waals surface area contributed by atoms with Gasteiger partial charge in [-0.2, -0.15) is 18.4 Å². The van der Waals surface area contributed by atoms with Crippen LogP contribution < -0.4 is 5.73 Å². The lowest BCUT2D eigenvalue weighted by Gasteiger charge is -2.39. The molecular formula is C23H26F3N5O2. The molecule has 2 amide bonds. The number of benzene rings is 1. The molecule has 4 aliphatic rings. The normalized spacial score (nSPS) is 32.6. The third-order valence-corrected chi connectivity index (χ3v) is 7.70. The maximum absolute atomic E-state index is 13.5. The highest BCUT2D eigenvalue weighted by Crippen LogP contribution is 2.48. The molecule has 1 aliphatic carbocycles. The highest BCUT2D eigenvalue weighted by molar-refractivity contribution is 5.87. The van der Waals surface area contributed by atoms with Crippen LogP contribution in [-0.4, -0.2) is 69.8 Å². The number of hydrogen-bond acceptors (Lipinski definition) is 5. The predicted molar refractivity (Wildman–Crippen MR) is 111 cm³/mol. The van der Waals surface area contributed by atoms with E-state index in [2.05, 4.69) is 6.07 Å². The molecule has 2 bridgehead atoms. The number of hydrogen-bond donors (Lipinski definition) is 1. The summed E-state index contributed by atoms with van der Waals surface area (Å²) in [6.07, 6.45) is -2.38. The molecule has 0 aromatic heterocycles. The average molecular weight is 461 g/mol. The molecular weight excluding hydrogens is 435 g/mol. The Labute approximate surface area is 189 Å². The van der Waals surface area contributed by atoms with Crippen LogP contribution >= 0.6 is 0 Å². The first-order chi connectivity index (χ1) is 15.6. The second-order valence-electron chi connectivity index (χ2n) is 9.66. The number of alkyl halides is 3. The van der Waals surface area contributed by atoms with E-state index in [-0.39, 0.29) is 36.0 Å². The highest BCUT2D eigenvalue weighted by atomic mass is 19.4. The monoisotopic (exact) mass is 461 g/mol. The minimum Gasteiger partial charge on any atom is -0.330 e. The first kappa shape index (κ1) is 22.2. The van der Waals surface area contributed by atoms with Gasteiger partial charge < -0.3 is 15.5 Å². The standard InChI is InChI=1S/C23H26F3N5O2/c1-12(16-4-2-3-5-17(16)23(24,25)26)30-15-8-20(22(30)33)29(10-15)11-18(28)21(32)31-14(9-27)6-13-7-19(13)31/h2-5,12-15,18-20H,6-8,10-11,28H2,1H3/t12-,13-,14+,15+,18+,19+,20-/m1/s1. The summed E-state index contributed by atoms with van der Waals surface area (Å²) in [7, 11) is 0. The molecule has 4 fully saturated rings. The third kappa shape index (κ3) is 3.58. The lowest BCUT2D eigenvalue weighted by molar-refractivity contribution is -0.143. The highest BCUT2D eigenvalue weighted by Gasteiger charge is 2.56. The smallest absolute Gasteiger partial charge is 0.330 e. The minimum atomic E-state index is -4.50. The predicted octanol–water partition coefficient (Wildman–Crippen LogP) is 1.89. The van der Waals surface area contributed by atoms with Crippen molar-refractivity contribution in [2.24, 2.45) is 11.7 Å². The van der Waals surface area contributed by atoms with Crippen LogP contribution in [0.25, 0.3) is 0 Å². The maximum Gasteiger partial charge on any atom is 0.416 e. The Morgan fingerprint density at radius 2 is 2.00 bits per heavy atom. The molecule has 0 spiro atoms. The van der Waals surface area contributed by atoms with E-state index in [4.69, 9.17) is 5.73 Å². The van der Waals surface area contributed by atoms with Crippen molar-refractivity contribution in [2.75, 3.05) is 13.1 Å². The van der Waals surface area contributed by atoms with Gasteiger partial charge in [0.05, 0.1) is 29.8 Å². The van der Waals surface area contributed by atoms with Gasteiger partial charge in [0, 0.05) is 25.2 Å². The number of rotatable bonds is 5. The molecule has 3 heterocycles. The molecule has 1 aromatic rings. The Hall–Kier alpha value is -2.64. The zero-order chi connectivity index (χ0) is 23.7. The van der Waals surface area contributed by atoms with Gasteiger partial charge in [-0.05, 0) is 43.7 Å². The van der Waals surface area contributed by atoms with Crippen LogP contribution in [0.4, 0.5) is 13.2 Å². The number of carbonyl (C=O) groups is 2. The fourth-order valence-corrected chi connectivity index (χ4v) is 6.08. The summed E-state index contributed by atoms with van der Waals surface area (Å²) in [5.41, 5.74) is 5.57. The van der Waals surface area contributed by atoms with Gasteiger partial charge >= 0.3 is 6.18 Å². The minimum absolute atomic E-state index is 0.0832. The summed E-state index contributed by atoms with van der Waals surface area (Å²) in [6.45, 7) is 2.28. The van der Waals surface area contributed by atoms with Gasteiger partial charge in [-0.1, -0.05) is 18.2 Å². The molecule has 1 aromatic carbocycles. The Kier molecular flexibility index (Phi) is 5.18. The van der Waals surface area contributed by atoms with Gasteiger partial charge in [0.25, 0.3) is 0 Å². The number of nitriles is 1. The Bertz CT molecular complexity index is 1020. The average Bonchev–Trinajstić information content (AvgIpc) is 3.11. The summed E-state index contributed by atoms with van der Waals surface area (Å²) in [5.74, 6) is -0.0930. The molecule has 33 heavy (non-hydrogen) atoms. The molecule has 2 N–H and O–H groups in total. The van der Waals surface area contributed by atoms with Crippen molar-refractivity contribution >= 4 is 11.8 Å². The lowest BCUT2D eigenvalue weighted by Crippen LogP contribution is -2.57. The van der Waals surface area contributed by atoms with Crippen LogP contribution in [0.1, 0.15) is 43.4 Å². The van der Waals surface area contributed by atoms with Crippen LogP contribution in [0, 0.1) is 17.2 Å². The molecule has 0 radical (unpaired) electrons. The summed E-state index contributed by atoms with van der Waals surface area (Å²) >= 11 is 0.